The molecule has 1 aliphatic heterocycles. The Labute approximate surface area is 214 Å². The number of carbonyl (C=O) groups is 2. The second kappa shape index (κ2) is 11.6. The summed E-state index contributed by atoms with van der Waals surface area (Å²) in [5, 5.41) is 0. The molecule has 0 N–H and O–H groups in total. The van der Waals surface area contributed by atoms with E-state index in [0.29, 0.717) is 12.5 Å². The third-order valence-electron chi connectivity index (χ3n) is 7.18. The van der Waals surface area contributed by atoms with Gasteiger partial charge in [0, 0.05) is 57.3 Å². The van der Waals surface area contributed by atoms with Crippen LogP contribution in [0.3, 0.4) is 0 Å². The summed E-state index contributed by atoms with van der Waals surface area (Å²) in [7, 11) is 5.34. The molecule has 2 aliphatic rings. The van der Waals surface area contributed by atoms with Gasteiger partial charge in [0.1, 0.15) is 5.82 Å². The molecule has 2 aromatic rings. The van der Waals surface area contributed by atoms with Gasteiger partial charge in [-0.05, 0) is 61.2 Å². The van der Waals surface area contributed by atoms with Gasteiger partial charge >= 0.3 is 5.97 Å². The molecule has 1 aromatic carbocycles. The first-order valence-electron chi connectivity index (χ1n) is 12.9. The first-order chi connectivity index (χ1) is 17.3. The minimum atomic E-state index is -0.393. The number of esters is 1. The zero-order valence-electron chi connectivity index (χ0n) is 21.9. The molecule has 1 aromatic heterocycles. The maximum atomic E-state index is 13.8. The summed E-state index contributed by atoms with van der Waals surface area (Å²) in [4.78, 5) is 36.2. The fourth-order valence-electron chi connectivity index (χ4n) is 5.15. The van der Waals surface area contributed by atoms with Crippen molar-refractivity contribution in [2.24, 2.45) is 11.8 Å². The van der Waals surface area contributed by atoms with Gasteiger partial charge < -0.3 is 19.4 Å². The molecule has 2 heterocycles. The molecular formula is C29H38N4O3. The molecule has 36 heavy (non-hydrogen) atoms. The third-order valence-corrected chi connectivity index (χ3v) is 7.18. The fraction of sp³-hybridized carbons (Fsp3) is 0.483. The number of nitrogens with zero attached hydrogens (tertiary/aromatic N) is 4. The number of benzene rings is 1. The lowest BCUT2D eigenvalue weighted by atomic mass is 9.87. The first kappa shape index (κ1) is 25.7. The Hall–Kier alpha value is -3.35. The molecule has 1 saturated heterocycles. The van der Waals surface area contributed by atoms with Crippen LogP contribution in [-0.2, 0) is 14.3 Å². The van der Waals surface area contributed by atoms with Crippen molar-refractivity contribution in [3.8, 4) is 0 Å². The van der Waals surface area contributed by atoms with Crippen LogP contribution in [0.15, 0.2) is 42.6 Å². The first-order valence-corrected chi connectivity index (χ1v) is 12.9. The molecule has 0 unspecified atom stereocenters. The summed E-state index contributed by atoms with van der Waals surface area (Å²) >= 11 is 0. The van der Waals surface area contributed by atoms with Crippen molar-refractivity contribution in [3.05, 3.63) is 53.7 Å². The highest BCUT2D eigenvalue weighted by atomic mass is 16.5. The maximum Gasteiger partial charge on any atom is 0.330 e. The number of rotatable bonds is 8. The van der Waals surface area contributed by atoms with E-state index < -0.39 is 5.97 Å². The number of pyridine rings is 1. The van der Waals surface area contributed by atoms with Gasteiger partial charge in [-0.2, -0.15) is 0 Å². The summed E-state index contributed by atoms with van der Waals surface area (Å²) in [5.41, 5.74) is 3.97. The van der Waals surface area contributed by atoms with E-state index in [0.717, 1.165) is 67.1 Å². The molecule has 1 aliphatic carbocycles. The second-order valence-electron chi connectivity index (χ2n) is 10.3. The zero-order chi connectivity index (χ0) is 25.7. The molecular weight excluding hydrogens is 452 g/mol. The average molecular weight is 491 g/mol. The van der Waals surface area contributed by atoms with Crippen LogP contribution in [0.1, 0.15) is 43.2 Å². The van der Waals surface area contributed by atoms with Crippen molar-refractivity contribution >= 4 is 35.1 Å². The predicted molar refractivity (Wildman–Crippen MR) is 145 cm³/mol. The van der Waals surface area contributed by atoms with Crippen molar-refractivity contribution in [1.29, 1.82) is 0 Å². The number of hydrogen-bond donors (Lipinski definition) is 0. The number of aryl methyl sites for hydroxylation is 1. The van der Waals surface area contributed by atoms with Crippen molar-refractivity contribution in [3.63, 3.8) is 0 Å². The SMILES string of the molecule is COC(=O)/C=C/c1cc(C)cc(N(CC2CN(c3ccc(N(C)C)nc3)C2)C(=O)C2CCCCC2)c1. The van der Waals surface area contributed by atoms with E-state index >= 15 is 0 Å². The Morgan fingerprint density at radius 1 is 1.11 bits per heavy atom. The van der Waals surface area contributed by atoms with Gasteiger partial charge in [-0.25, -0.2) is 9.78 Å². The number of amides is 1. The summed E-state index contributed by atoms with van der Waals surface area (Å²) in [6.45, 7) is 4.52. The van der Waals surface area contributed by atoms with Gasteiger partial charge in [0.15, 0.2) is 0 Å². The quantitative estimate of drug-likeness (QED) is 0.395. The van der Waals surface area contributed by atoms with E-state index in [9.17, 15) is 9.59 Å². The van der Waals surface area contributed by atoms with E-state index in [1.165, 1.54) is 19.6 Å². The molecule has 0 radical (unpaired) electrons. The van der Waals surface area contributed by atoms with Crippen molar-refractivity contribution in [2.75, 3.05) is 55.5 Å². The number of aromatic nitrogens is 1. The Morgan fingerprint density at radius 3 is 2.50 bits per heavy atom. The highest BCUT2D eigenvalue weighted by Gasteiger charge is 2.33. The second-order valence-corrected chi connectivity index (χ2v) is 10.3. The highest BCUT2D eigenvalue weighted by Crippen LogP contribution is 2.32. The Morgan fingerprint density at radius 2 is 1.86 bits per heavy atom. The molecule has 7 nitrogen and oxygen atoms in total. The van der Waals surface area contributed by atoms with Crippen LogP contribution in [0.2, 0.25) is 0 Å². The topological polar surface area (TPSA) is 66.0 Å². The lowest BCUT2D eigenvalue weighted by molar-refractivity contribution is -0.134. The number of methoxy groups -OCH3 is 1. The largest absolute Gasteiger partial charge is 0.466 e. The van der Waals surface area contributed by atoms with Crippen LogP contribution in [0.5, 0.6) is 0 Å². The fourth-order valence-corrected chi connectivity index (χ4v) is 5.15. The van der Waals surface area contributed by atoms with Crippen LogP contribution < -0.4 is 14.7 Å². The van der Waals surface area contributed by atoms with Crippen LogP contribution in [0.25, 0.3) is 6.08 Å². The molecule has 0 bridgehead atoms. The van der Waals surface area contributed by atoms with Gasteiger partial charge in [-0.1, -0.05) is 25.3 Å². The van der Waals surface area contributed by atoms with Crippen LogP contribution in [0, 0.1) is 18.8 Å². The standard InChI is InChI=1S/C29H38N4O3/c1-21-14-22(10-13-28(34)36-4)16-26(15-21)33(29(35)24-8-6-5-7-9-24)20-23-18-32(19-23)25-11-12-27(30-17-25)31(2)3/h10-17,23-24H,5-9,18-20H2,1-4H3/b13-10+. The highest BCUT2D eigenvalue weighted by molar-refractivity contribution is 5.96. The molecule has 4 rings (SSSR count). The lowest BCUT2D eigenvalue weighted by Crippen LogP contribution is -2.53. The number of anilines is 3. The molecule has 1 amide bonds. The van der Waals surface area contributed by atoms with Crippen molar-refractivity contribution in [2.45, 2.75) is 39.0 Å². The Kier molecular flexibility index (Phi) is 8.28. The zero-order valence-corrected chi connectivity index (χ0v) is 21.9. The third kappa shape index (κ3) is 6.25. The van der Waals surface area contributed by atoms with Gasteiger partial charge in [0.25, 0.3) is 0 Å². The number of hydrogen-bond acceptors (Lipinski definition) is 6. The molecule has 1 saturated carbocycles. The molecule has 0 spiro atoms. The van der Waals surface area contributed by atoms with Gasteiger partial charge in [0.05, 0.1) is 19.0 Å². The normalized spacial score (nSPS) is 16.6. The van der Waals surface area contributed by atoms with Crippen molar-refractivity contribution < 1.29 is 14.3 Å². The molecule has 0 atom stereocenters. The van der Waals surface area contributed by atoms with Crippen LogP contribution >= 0.6 is 0 Å². The van der Waals surface area contributed by atoms with Gasteiger partial charge in [-0.15, -0.1) is 0 Å². The van der Waals surface area contributed by atoms with E-state index in [1.807, 2.05) is 55.2 Å². The summed E-state index contributed by atoms with van der Waals surface area (Å²) < 4.78 is 4.74. The van der Waals surface area contributed by atoms with E-state index in [4.69, 9.17) is 4.74 Å². The number of carbonyl (C=O) groups excluding carboxylic acids is 2. The van der Waals surface area contributed by atoms with E-state index in [1.54, 1.807) is 6.08 Å². The van der Waals surface area contributed by atoms with E-state index in [2.05, 4.69) is 22.0 Å². The predicted octanol–water partition coefficient (Wildman–Crippen LogP) is 4.69. The Balaban J connectivity index is 1.51. The summed E-state index contributed by atoms with van der Waals surface area (Å²) in [6, 6.07) is 10.3. The maximum absolute atomic E-state index is 13.8. The Bertz CT molecular complexity index is 1080. The van der Waals surface area contributed by atoms with Crippen molar-refractivity contribution in [1.82, 2.24) is 4.98 Å². The van der Waals surface area contributed by atoms with Gasteiger partial charge in [0.2, 0.25) is 5.91 Å². The van der Waals surface area contributed by atoms with E-state index in [-0.39, 0.29) is 11.8 Å². The lowest BCUT2D eigenvalue weighted by Gasteiger charge is -2.43. The monoisotopic (exact) mass is 490 g/mol. The summed E-state index contributed by atoms with van der Waals surface area (Å²) in [5.74, 6) is 1.26. The smallest absolute Gasteiger partial charge is 0.330 e. The molecule has 2 fully saturated rings. The molecule has 192 valence electrons. The molecule has 7 heteroatoms. The minimum Gasteiger partial charge on any atom is -0.466 e. The van der Waals surface area contributed by atoms with Crippen LogP contribution in [-0.4, -0.2) is 57.7 Å². The summed E-state index contributed by atoms with van der Waals surface area (Å²) in [6.07, 6.45) is 10.5. The number of ether oxygens (including phenoxy) is 1. The minimum absolute atomic E-state index is 0.0901. The van der Waals surface area contributed by atoms with Gasteiger partial charge in [-0.3, -0.25) is 4.79 Å². The van der Waals surface area contributed by atoms with Crippen LogP contribution in [0.4, 0.5) is 17.2 Å². The average Bonchev–Trinajstić information content (AvgIpc) is 2.86.